The smallest absolute Gasteiger partial charge is 0.386 e. The van der Waals surface area contributed by atoms with Gasteiger partial charge in [-0.1, -0.05) is 42.5 Å². The summed E-state index contributed by atoms with van der Waals surface area (Å²) in [5.41, 5.74) is 1.66. The van der Waals surface area contributed by atoms with Crippen LogP contribution in [-0.4, -0.2) is 48.0 Å². The van der Waals surface area contributed by atoms with E-state index in [9.17, 15) is 36.7 Å². The number of nitrogens with zero attached hydrogens (tertiary/aromatic N) is 1. The molecule has 9 nitrogen and oxygen atoms in total. The zero-order valence-corrected chi connectivity index (χ0v) is 22.2. The van der Waals surface area contributed by atoms with Crippen LogP contribution in [0.4, 0.5) is 23.4 Å². The van der Waals surface area contributed by atoms with E-state index < -0.39 is 54.8 Å². The molecule has 0 aliphatic rings. The first-order chi connectivity index (χ1) is 20.0. The SMILES string of the molecule is O=C(CCCCNc1ccccn1)NCC(=O)NC(CC(=O)OC(=O)C(F)(F)F)c1ccc(-c2ccc(F)cc2)cc1. The lowest BCUT2D eigenvalue weighted by molar-refractivity contribution is -0.202. The van der Waals surface area contributed by atoms with E-state index in [1.807, 2.05) is 12.1 Å². The minimum atomic E-state index is -5.37. The van der Waals surface area contributed by atoms with Crippen molar-refractivity contribution in [3.05, 3.63) is 84.3 Å². The summed E-state index contributed by atoms with van der Waals surface area (Å²) in [6.45, 7) is 0.144. The van der Waals surface area contributed by atoms with Crippen LogP contribution in [0.25, 0.3) is 11.1 Å². The zero-order valence-electron chi connectivity index (χ0n) is 22.2. The molecule has 0 spiro atoms. The molecule has 42 heavy (non-hydrogen) atoms. The van der Waals surface area contributed by atoms with Gasteiger partial charge >= 0.3 is 18.1 Å². The number of anilines is 1. The number of benzene rings is 2. The molecule has 2 amide bonds. The molecule has 3 rings (SSSR count). The summed E-state index contributed by atoms with van der Waals surface area (Å²) in [4.78, 5) is 52.0. The number of unbranched alkanes of at least 4 members (excludes halogenated alkanes) is 1. The maximum absolute atomic E-state index is 13.2. The molecule has 0 saturated heterocycles. The van der Waals surface area contributed by atoms with Gasteiger partial charge in [-0.05, 0) is 53.8 Å². The van der Waals surface area contributed by atoms with Crippen LogP contribution in [-0.2, 0) is 23.9 Å². The van der Waals surface area contributed by atoms with Gasteiger partial charge in [0, 0.05) is 19.2 Å². The Morgan fingerprint density at radius 3 is 2.14 bits per heavy atom. The van der Waals surface area contributed by atoms with Crippen LogP contribution in [0.3, 0.4) is 0 Å². The fourth-order valence-corrected chi connectivity index (χ4v) is 3.78. The summed E-state index contributed by atoms with van der Waals surface area (Å²) in [7, 11) is 0. The maximum Gasteiger partial charge on any atom is 0.491 e. The van der Waals surface area contributed by atoms with Gasteiger partial charge in [-0.2, -0.15) is 13.2 Å². The van der Waals surface area contributed by atoms with Crippen LogP contribution in [0.5, 0.6) is 0 Å². The molecule has 3 N–H and O–H groups in total. The van der Waals surface area contributed by atoms with Crippen molar-refractivity contribution in [2.45, 2.75) is 37.9 Å². The standard InChI is InChI=1S/C29H28F4N4O5/c30-22-13-11-20(12-14-22)19-7-9-21(10-8-19)23(17-27(40)42-28(41)29(31,32)33)37-26(39)18-36-25(38)6-2-4-16-35-24-5-1-3-15-34-24/h1,3,5,7-15,23H,2,4,6,16-18H2,(H,34,35)(H,36,38)(H,37,39). The lowest BCUT2D eigenvalue weighted by Crippen LogP contribution is -2.39. The van der Waals surface area contributed by atoms with E-state index in [4.69, 9.17) is 0 Å². The number of hydrogen-bond acceptors (Lipinski definition) is 7. The van der Waals surface area contributed by atoms with Crippen molar-refractivity contribution in [3.63, 3.8) is 0 Å². The number of rotatable bonds is 13. The first-order valence-electron chi connectivity index (χ1n) is 12.9. The van der Waals surface area contributed by atoms with E-state index in [1.165, 1.54) is 24.3 Å². The van der Waals surface area contributed by atoms with Gasteiger partial charge in [0.1, 0.15) is 11.6 Å². The highest BCUT2D eigenvalue weighted by Gasteiger charge is 2.42. The molecule has 0 aliphatic heterocycles. The number of ether oxygens (including phenoxy) is 1. The number of alkyl halides is 3. The van der Waals surface area contributed by atoms with Gasteiger partial charge in [-0.3, -0.25) is 14.4 Å². The van der Waals surface area contributed by atoms with Crippen molar-refractivity contribution in [3.8, 4) is 11.1 Å². The first-order valence-corrected chi connectivity index (χ1v) is 12.9. The van der Waals surface area contributed by atoms with Gasteiger partial charge in [0.15, 0.2) is 0 Å². The summed E-state index contributed by atoms with van der Waals surface area (Å²) in [5.74, 6) is -5.00. The van der Waals surface area contributed by atoms with Crippen molar-refractivity contribution in [2.75, 3.05) is 18.4 Å². The van der Waals surface area contributed by atoms with Gasteiger partial charge in [0.2, 0.25) is 11.8 Å². The highest BCUT2D eigenvalue weighted by Crippen LogP contribution is 2.25. The van der Waals surface area contributed by atoms with Gasteiger partial charge in [0.25, 0.3) is 0 Å². The Bertz CT molecular complexity index is 1350. The van der Waals surface area contributed by atoms with Gasteiger partial charge in [-0.25, -0.2) is 14.2 Å². The van der Waals surface area contributed by atoms with Crippen molar-refractivity contribution >= 4 is 29.6 Å². The summed E-state index contributed by atoms with van der Waals surface area (Å²) in [5, 5.41) is 8.05. The van der Waals surface area contributed by atoms with Gasteiger partial charge in [0.05, 0.1) is 19.0 Å². The third-order valence-electron chi connectivity index (χ3n) is 5.88. The monoisotopic (exact) mass is 588 g/mol. The van der Waals surface area contributed by atoms with Crippen molar-refractivity contribution in [2.24, 2.45) is 0 Å². The highest BCUT2D eigenvalue weighted by atomic mass is 19.4. The molecule has 0 saturated carbocycles. The van der Waals surface area contributed by atoms with Crippen LogP contribution in [0.15, 0.2) is 72.9 Å². The predicted octanol–water partition coefficient (Wildman–Crippen LogP) is 4.47. The minimum absolute atomic E-state index is 0.150. The quantitative estimate of drug-likeness (QED) is 0.116. The lowest BCUT2D eigenvalue weighted by atomic mass is 9.99. The predicted molar refractivity (Wildman–Crippen MR) is 144 cm³/mol. The fraction of sp³-hybridized carbons (Fsp3) is 0.276. The second-order valence-electron chi connectivity index (χ2n) is 9.09. The Labute approximate surface area is 238 Å². The molecule has 0 bridgehead atoms. The molecule has 13 heteroatoms. The first kappa shape index (κ1) is 31.7. The number of halogens is 4. The molecule has 1 atom stereocenters. The molecular formula is C29H28F4N4O5. The number of pyridine rings is 1. The molecule has 3 aromatic rings. The number of amides is 2. The number of carbonyl (C=O) groups excluding carboxylic acids is 4. The zero-order chi connectivity index (χ0) is 30.5. The summed E-state index contributed by atoms with van der Waals surface area (Å²) in [6.07, 6.45) is -3.15. The average molecular weight is 589 g/mol. The van der Waals surface area contributed by atoms with E-state index in [-0.39, 0.29) is 6.42 Å². The van der Waals surface area contributed by atoms with E-state index >= 15 is 0 Å². The number of esters is 2. The van der Waals surface area contributed by atoms with Crippen LogP contribution < -0.4 is 16.0 Å². The van der Waals surface area contributed by atoms with Crippen LogP contribution in [0.2, 0.25) is 0 Å². The van der Waals surface area contributed by atoms with E-state index in [0.717, 1.165) is 0 Å². The Balaban J connectivity index is 1.55. The fourth-order valence-electron chi connectivity index (χ4n) is 3.78. The Hall–Kier alpha value is -4.81. The van der Waals surface area contributed by atoms with Crippen molar-refractivity contribution in [1.82, 2.24) is 15.6 Å². The number of carbonyl (C=O) groups is 4. The van der Waals surface area contributed by atoms with Crippen LogP contribution in [0.1, 0.15) is 37.3 Å². The van der Waals surface area contributed by atoms with E-state index in [1.54, 1.807) is 36.5 Å². The largest absolute Gasteiger partial charge is 0.491 e. The highest BCUT2D eigenvalue weighted by molar-refractivity contribution is 5.89. The maximum atomic E-state index is 13.2. The van der Waals surface area contributed by atoms with Gasteiger partial charge < -0.3 is 20.7 Å². The van der Waals surface area contributed by atoms with E-state index in [0.29, 0.717) is 41.9 Å². The normalized spacial score (nSPS) is 11.7. The molecule has 0 aliphatic carbocycles. The lowest BCUT2D eigenvalue weighted by Gasteiger charge is -2.19. The van der Waals surface area contributed by atoms with Gasteiger partial charge in [-0.15, -0.1) is 0 Å². The summed E-state index contributed by atoms with van der Waals surface area (Å²) < 4.78 is 54.7. The topological polar surface area (TPSA) is 126 Å². The summed E-state index contributed by atoms with van der Waals surface area (Å²) in [6, 6.07) is 16.1. The number of aromatic nitrogens is 1. The van der Waals surface area contributed by atoms with Crippen LogP contribution >= 0.6 is 0 Å². The Kier molecular flexibility index (Phi) is 11.5. The average Bonchev–Trinajstić information content (AvgIpc) is 2.96. The Morgan fingerprint density at radius 2 is 1.52 bits per heavy atom. The summed E-state index contributed by atoms with van der Waals surface area (Å²) >= 11 is 0. The number of hydrogen-bond donors (Lipinski definition) is 3. The van der Waals surface area contributed by atoms with E-state index in [2.05, 4.69) is 25.7 Å². The Morgan fingerprint density at radius 1 is 0.857 bits per heavy atom. The minimum Gasteiger partial charge on any atom is -0.386 e. The third-order valence-corrected chi connectivity index (χ3v) is 5.88. The molecule has 0 radical (unpaired) electrons. The number of nitrogens with one attached hydrogen (secondary N) is 3. The molecule has 1 unspecified atom stereocenters. The van der Waals surface area contributed by atoms with Crippen molar-refractivity contribution in [1.29, 1.82) is 0 Å². The second kappa shape index (κ2) is 15.3. The molecule has 222 valence electrons. The van der Waals surface area contributed by atoms with Crippen molar-refractivity contribution < 1.29 is 41.5 Å². The molecule has 0 fully saturated rings. The molecule has 2 aromatic carbocycles. The third kappa shape index (κ3) is 10.6. The molecule has 1 heterocycles. The molecule has 1 aromatic heterocycles. The van der Waals surface area contributed by atoms with Crippen LogP contribution in [0, 0.1) is 5.82 Å². The molecular weight excluding hydrogens is 560 g/mol. The second-order valence-corrected chi connectivity index (χ2v) is 9.09.